The van der Waals surface area contributed by atoms with E-state index in [1.54, 1.807) is 57.0 Å². The summed E-state index contributed by atoms with van der Waals surface area (Å²) >= 11 is 5.80. The molecule has 1 aromatic carbocycles. The van der Waals surface area contributed by atoms with E-state index in [2.05, 4.69) is 56.5 Å². The number of aromatic amines is 1. The third-order valence-electron chi connectivity index (χ3n) is 14.7. The van der Waals surface area contributed by atoms with E-state index in [0.717, 1.165) is 74.9 Å². The number of allylic oxidation sites excluding steroid dienone is 1. The molecular weight excluding hydrogens is 1310 g/mol. The summed E-state index contributed by atoms with van der Waals surface area (Å²) in [5.74, 6) is -6.35. The number of likely N-dealkylation sites (N-methyl/N-ethyl adjacent to an activating group) is 1. The monoisotopic (exact) mass is 1360 g/mol. The van der Waals surface area contributed by atoms with E-state index in [1.807, 2.05) is 15.7 Å². The number of imidazole rings is 1. The van der Waals surface area contributed by atoms with Crippen LogP contribution in [0.15, 0.2) is 76.0 Å². The first-order chi connectivity index (χ1) is 44.2. The summed E-state index contributed by atoms with van der Waals surface area (Å²) in [5.41, 5.74) is 7.38. The van der Waals surface area contributed by atoms with Crippen LogP contribution in [0.1, 0.15) is 117 Å². The van der Waals surface area contributed by atoms with Crippen LogP contribution in [0.25, 0.3) is 49.3 Å². The molecule has 0 saturated heterocycles. The molecule has 0 saturated carbocycles. The maximum Gasteiger partial charge on any atom is 0.335 e. The van der Waals surface area contributed by atoms with Gasteiger partial charge >= 0.3 is 5.97 Å². The number of H-pyrrole nitrogens is 1. The minimum Gasteiger partial charge on any atom is -0.506 e. The average molecular weight is 1360 g/mol. The second-order valence-corrected chi connectivity index (χ2v) is 26.6. The average Bonchev–Trinajstić information content (AvgIpc) is 1.56. The molecule has 0 aliphatic carbocycles. The second kappa shape index (κ2) is 27.8. The lowest BCUT2D eigenvalue weighted by atomic mass is 10.1. The number of aliphatic hydroxyl groups is 2. The third kappa shape index (κ3) is 14.2. The Morgan fingerprint density at radius 2 is 1.53 bits per heavy atom. The van der Waals surface area contributed by atoms with E-state index in [-0.39, 0.29) is 101 Å². The van der Waals surface area contributed by atoms with E-state index in [9.17, 15) is 53.7 Å². The summed E-state index contributed by atoms with van der Waals surface area (Å²) in [7, 11) is 1.79. The Bertz CT molecular complexity index is 4360. The third-order valence-corrected chi connectivity index (χ3v) is 20.2. The van der Waals surface area contributed by atoms with Gasteiger partial charge in [0.25, 0.3) is 23.6 Å². The van der Waals surface area contributed by atoms with Crippen molar-refractivity contribution in [1.29, 1.82) is 0 Å². The van der Waals surface area contributed by atoms with Crippen molar-refractivity contribution in [2.45, 2.75) is 83.1 Å². The molecule has 10 heterocycles. The molecule has 6 atom stereocenters. The van der Waals surface area contributed by atoms with Gasteiger partial charge in [0.2, 0.25) is 16.9 Å². The smallest absolute Gasteiger partial charge is 0.335 e. The van der Waals surface area contributed by atoms with E-state index in [4.69, 9.17) is 20.4 Å². The number of aromatic nitrogens is 9. The fraction of sp³-hybridized carbons (Fsp3) is 0.293. The molecule has 476 valence electrons. The van der Waals surface area contributed by atoms with Gasteiger partial charge in [0.15, 0.2) is 6.10 Å². The van der Waals surface area contributed by atoms with Gasteiger partial charge in [-0.3, -0.25) is 33.6 Å². The van der Waals surface area contributed by atoms with E-state index < -0.39 is 95.1 Å². The van der Waals surface area contributed by atoms with Crippen LogP contribution in [0.4, 0.5) is 0 Å². The molecule has 2 aliphatic heterocycles. The number of pyridine rings is 1. The van der Waals surface area contributed by atoms with Crippen LogP contribution in [0, 0.1) is 6.92 Å². The van der Waals surface area contributed by atoms with Crippen molar-refractivity contribution in [2.24, 2.45) is 5.73 Å². The van der Waals surface area contributed by atoms with Gasteiger partial charge in [-0.25, -0.2) is 39.7 Å². The highest BCUT2D eigenvalue weighted by Gasteiger charge is 2.34. The van der Waals surface area contributed by atoms with Crippen molar-refractivity contribution in [3.63, 3.8) is 0 Å². The Hall–Kier alpha value is -9.00. The number of aliphatic hydroxyl groups excluding tert-OH is 2. The maximum absolute atomic E-state index is 14.6. The number of nitrogens with one attached hydrogen (secondary N) is 6. The summed E-state index contributed by atoms with van der Waals surface area (Å²) in [5, 5.41) is 56.1. The number of carbonyl (C=O) groups is 8. The van der Waals surface area contributed by atoms with Gasteiger partial charge in [0.05, 0.1) is 35.9 Å². The minimum absolute atomic E-state index is 0.0614. The van der Waals surface area contributed by atoms with Crippen LogP contribution in [0.2, 0.25) is 0 Å². The fourth-order valence-corrected chi connectivity index (χ4v) is 15.1. The molecule has 6 amide bonds. The number of nitrogens with two attached hydrogens (primary N) is 1. The SMILES string of the molecule is C/C=C1\NC(=O)C(C(C)O)NC(=O)c2csc(n2)-c2cc(O)c(-c3nc(C(=O)NC(CN(C)CCCn4ccnc4)C(N)=O)cs3)nc2-c2csc(n2)C2CSC(=O)c3[nH]c4cccc(c4c3C)COC(=O)C(O)CC(NC(=O)c3csc1n3)c1nc(cs1)C(=O)N2. The number of hydrogen-bond donors (Lipinski definition) is 10. The maximum atomic E-state index is 14.6. The molecule has 28 nitrogen and oxygen atoms in total. The van der Waals surface area contributed by atoms with Gasteiger partial charge in [0, 0.05) is 81.0 Å². The standard InChI is InChI=1S/C58H56N16O12S6/c1-5-29-53-68-34(20-89-53)47(79)63-31-15-40(77)57(84)86-17-27-8-6-9-30-41(27)25(2)42(61-30)58(85)92-23-38(65-49(81)35-21-90-54(31)69-35)55-66-33(18-88-55)44-28(52-67-37(19-87-52)50(82)72-43(26(3)75)51(83)62-29)14-39(76)45(71-44)56-70-36(22-91-56)48(80)64-32(46(59)78)16-73(4)11-7-12-74-13-10-60-24-74/h5-6,8-10,13-14,18-22,24,26,31-32,38,40,43,61,75-77H,7,11-12,15-17,23H2,1-4H3,(H2,59,78)(H,62,83)(H,63,79)(H,64,80)(H,65,81)(H,72,82)/b29-5-. The zero-order valence-corrected chi connectivity index (χ0v) is 53.9. The predicted octanol–water partition coefficient (Wildman–Crippen LogP) is 4.96. The summed E-state index contributed by atoms with van der Waals surface area (Å²) in [6, 6.07) is 1.55. The number of primary amides is 1. The molecule has 11 rings (SSSR count). The quantitative estimate of drug-likeness (QED) is 0.0765. The number of aryl methyl sites for hydroxylation is 2. The Balaban J connectivity index is 0.989. The predicted molar refractivity (Wildman–Crippen MR) is 344 cm³/mol. The number of esters is 1. The first-order valence-electron chi connectivity index (χ1n) is 28.2. The molecule has 9 aromatic rings. The molecule has 0 radical (unpaired) electrons. The summed E-state index contributed by atoms with van der Waals surface area (Å²) in [6.07, 6.45) is 3.64. The minimum atomic E-state index is -1.84. The van der Waals surface area contributed by atoms with Crippen molar-refractivity contribution in [3.8, 4) is 38.4 Å². The van der Waals surface area contributed by atoms with Gasteiger partial charge in [-0.15, -0.1) is 56.7 Å². The molecule has 34 heteroatoms. The van der Waals surface area contributed by atoms with E-state index in [0.29, 0.717) is 35.1 Å². The number of nitrogens with zero attached hydrogens (tertiary/aromatic N) is 9. The number of cyclic esters (lactones) is 1. The molecule has 92 heavy (non-hydrogen) atoms. The van der Waals surface area contributed by atoms with Crippen molar-refractivity contribution in [3.05, 3.63) is 131 Å². The van der Waals surface area contributed by atoms with Crippen molar-refractivity contribution in [2.75, 3.05) is 25.9 Å². The van der Waals surface area contributed by atoms with Gasteiger partial charge in [-0.1, -0.05) is 30.0 Å². The van der Waals surface area contributed by atoms with Crippen LogP contribution in [0.5, 0.6) is 5.75 Å². The van der Waals surface area contributed by atoms with Gasteiger partial charge in [-0.2, -0.15) is 0 Å². The highest BCUT2D eigenvalue weighted by molar-refractivity contribution is 8.14. The zero-order chi connectivity index (χ0) is 65.1. The largest absolute Gasteiger partial charge is 0.506 e. The lowest BCUT2D eigenvalue weighted by Gasteiger charge is -2.22. The molecule has 6 unspecified atom stereocenters. The highest BCUT2D eigenvalue weighted by Crippen LogP contribution is 2.42. The molecule has 11 N–H and O–H groups in total. The number of benzene rings is 1. The van der Waals surface area contributed by atoms with Crippen LogP contribution < -0.4 is 32.3 Å². The highest BCUT2D eigenvalue weighted by atomic mass is 32.2. The number of hydrogen-bond acceptors (Lipinski definition) is 26. The lowest BCUT2D eigenvalue weighted by molar-refractivity contribution is -0.155. The first kappa shape index (κ1) is 64.5. The number of rotatable bonds is 11. The second-order valence-electron chi connectivity index (χ2n) is 21.2. The van der Waals surface area contributed by atoms with Crippen molar-refractivity contribution in [1.82, 2.24) is 75.9 Å². The summed E-state index contributed by atoms with van der Waals surface area (Å²) < 4.78 is 7.57. The van der Waals surface area contributed by atoms with E-state index >= 15 is 0 Å². The summed E-state index contributed by atoms with van der Waals surface area (Å²) in [4.78, 5) is 149. The molecule has 2 aliphatic rings. The molecule has 12 bridgehead atoms. The number of carbonyl (C=O) groups excluding carboxylic acids is 8. The number of aromatic hydroxyl groups is 1. The lowest BCUT2D eigenvalue weighted by Crippen LogP contribution is -2.52. The molecule has 0 spiro atoms. The number of thioether (sulfide) groups is 1. The van der Waals surface area contributed by atoms with Crippen molar-refractivity contribution >= 4 is 132 Å². The molecular formula is C58H56N16O12S6. The summed E-state index contributed by atoms with van der Waals surface area (Å²) in [6.45, 7) is 5.66. The van der Waals surface area contributed by atoms with Crippen LogP contribution in [-0.4, -0.2) is 161 Å². The Morgan fingerprint density at radius 1 is 0.859 bits per heavy atom. The Kier molecular flexibility index (Phi) is 19.5. The zero-order valence-electron chi connectivity index (χ0n) is 49.0. The molecule has 8 aromatic heterocycles. The Labute approximate surface area is 546 Å². The molecule has 0 fully saturated rings. The topological polar surface area (TPSA) is 407 Å². The van der Waals surface area contributed by atoms with Crippen molar-refractivity contribution < 1.29 is 58.4 Å². The Morgan fingerprint density at radius 3 is 2.26 bits per heavy atom. The van der Waals surface area contributed by atoms with Gasteiger partial charge in [-0.05, 0) is 64.0 Å². The van der Waals surface area contributed by atoms with Gasteiger partial charge < -0.3 is 66.8 Å². The number of thiazole rings is 5. The number of ether oxygens (including phenoxy) is 1. The fourth-order valence-electron chi connectivity index (χ4n) is 9.96. The van der Waals surface area contributed by atoms with E-state index in [1.165, 1.54) is 40.6 Å². The normalized spacial score (nSPS) is 18.9. The van der Waals surface area contributed by atoms with Crippen LogP contribution >= 0.6 is 68.4 Å². The number of amides is 6. The first-order valence-corrected chi connectivity index (χ1v) is 33.6. The van der Waals surface area contributed by atoms with Crippen LogP contribution in [-0.2, 0) is 32.3 Å². The number of fused-ring (bicyclic) bond motifs is 13. The van der Waals surface area contributed by atoms with Crippen LogP contribution in [0.3, 0.4) is 0 Å². The van der Waals surface area contributed by atoms with Gasteiger partial charge in [0.1, 0.15) is 89.3 Å².